The lowest BCUT2D eigenvalue weighted by molar-refractivity contribution is -0.386. The minimum Gasteiger partial charge on any atom is -0.354 e. The number of H-pyrrole nitrogens is 1. The van der Waals surface area contributed by atoms with Crippen LogP contribution in [0.5, 0.6) is 0 Å². The molecule has 0 aliphatic carbocycles. The van der Waals surface area contributed by atoms with E-state index < -0.39 is 10.5 Å². The van der Waals surface area contributed by atoms with Gasteiger partial charge in [-0.3, -0.25) is 14.9 Å². The average Bonchev–Trinajstić information content (AvgIpc) is 3.09. The van der Waals surface area contributed by atoms with Gasteiger partial charge in [0.25, 0.3) is 0 Å². The second kappa shape index (κ2) is 5.74. The third-order valence-corrected chi connectivity index (χ3v) is 5.49. The average molecular weight is 388 g/mol. The van der Waals surface area contributed by atoms with Gasteiger partial charge in [0.05, 0.1) is 11.3 Å². The van der Waals surface area contributed by atoms with E-state index in [0.29, 0.717) is 31.1 Å². The highest BCUT2D eigenvalue weighted by atomic mass is 35.5. The normalized spacial score (nSPS) is 21.3. The lowest BCUT2D eigenvalue weighted by Gasteiger charge is -2.43. The summed E-state index contributed by atoms with van der Waals surface area (Å²) in [5.41, 5.74) is 1.15. The van der Waals surface area contributed by atoms with Gasteiger partial charge < -0.3 is 14.5 Å². The van der Waals surface area contributed by atoms with Gasteiger partial charge in [-0.1, -0.05) is 0 Å². The molecular formula is C16H14ClN7O3. The molecule has 2 aliphatic heterocycles. The molecule has 3 aromatic heterocycles. The Kier molecular flexibility index (Phi) is 3.44. The largest absolute Gasteiger partial charge is 0.354 e. The third-order valence-electron chi connectivity index (χ3n) is 5.32. The molecule has 3 aromatic rings. The zero-order valence-electron chi connectivity index (χ0n) is 14.0. The fraction of sp³-hybridized carbons (Fsp3) is 0.375. The van der Waals surface area contributed by atoms with Crippen LogP contribution in [0, 0.1) is 16.0 Å². The maximum Gasteiger partial charge on any atom is 0.334 e. The molecule has 10 nitrogen and oxygen atoms in total. The van der Waals surface area contributed by atoms with Crippen molar-refractivity contribution >= 4 is 34.3 Å². The third kappa shape index (κ3) is 2.47. The van der Waals surface area contributed by atoms with Crippen molar-refractivity contribution in [3.63, 3.8) is 0 Å². The minimum atomic E-state index is -0.621. The van der Waals surface area contributed by atoms with Crippen LogP contribution in [0.15, 0.2) is 23.3 Å². The molecule has 1 fully saturated rings. The fourth-order valence-corrected chi connectivity index (χ4v) is 4.43. The Hall–Kier alpha value is -3.01. The Morgan fingerprint density at radius 1 is 1.26 bits per heavy atom. The molecule has 11 heteroatoms. The van der Waals surface area contributed by atoms with E-state index in [1.54, 1.807) is 17.0 Å². The van der Waals surface area contributed by atoms with E-state index in [0.717, 1.165) is 17.6 Å². The molecule has 5 rings (SSSR count). The maximum atomic E-state index is 12.5. The smallest absolute Gasteiger partial charge is 0.334 e. The van der Waals surface area contributed by atoms with Crippen LogP contribution < -0.4 is 10.5 Å². The van der Waals surface area contributed by atoms with Gasteiger partial charge in [0.1, 0.15) is 5.52 Å². The first-order valence-corrected chi connectivity index (χ1v) is 8.88. The van der Waals surface area contributed by atoms with Gasteiger partial charge in [0.2, 0.25) is 5.28 Å². The molecule has 0 aromatic carbocycles. The summed E-state index contributed by atoms with van der Waals surface area (Å²) in [6, 6.07) is 3.00. The summed E-state index contributed by atoms with van der Waals surface area (Å²) in [6.45, 7) is 1.76. The Bertz CT molecular complexity index is 1140. The van der Waals surface area contributed by atoms with Crippen molar-refractivity contribution in [2.24, 2.45) is 5.92 Å². The van der Waals surface area contributed by atoms with Crippen LogP contribution in [-0.2, 0) is 6.54 Å². The van der Waals surface area contributed by atoms with Crippen molar-refractivity contribution in [2.75, 3.05) is 18.0 Å². The van der Waals surface area contributed by atoms with Gasteiger partial charge in [-0.05, 0) is 30.0 Å². The lowest BCUT2D eigenvalue weighted by Crippen LogP contribution is -2.47. The van der Waals surface area contributed by atoms with Crippen molar-refractivity contribution in [3.05, 3.63) is 49.9 Å². The fourth-order valence-electron chi connectivity index (χ4n) is 4.27. The Balaban J connectivity index is 1.56. The first kappa shape index (κ1) is 16.2. The summed E-state index contributed by atoms with van der Waals surface area (Å²) in [5, 5.41) is 11.2. The van der Waals surface area contributed by atoms with E-state index in [1.165, 1.54) is 6.07 Å². The Morgan fingerprint density at radius 3 is 2.93 bits per heavy atom. The predicted molar refractivity (Wildman–Crippen MR) is 97.1 cm³/mol. The number of aromatic amines is 1. The molecule has 2 unspecified atom stereocenters. The first-order chi connectivity index (χ1) is 13.0. The molecule has 2 aliphatic rings. The minimum absolute atomic E-state index is 0.0812. The molecule has 2 bridgehead atoms. The summed E-state index contributed by atoms with van der Waals surface area (Å²) in [7, 11) is 0. The number of piperidine rings is 1. The summed E-state index contributed by atoms with van der Waals surface area (Å²) in [6.07, 6.45) is 2.48. The highest BCUT2D eigenvalue weighted by molar-refractivity contribution is 6.28. The molecule has 2 atom stereocenters. The second-order valence-electron chi connectivity index (χ2n) is 6.94. The molecular weight excluding hydrogens is 374 g/mol. The van der Waals surface area contributed by atoms with E-state index in [9.17, 15) is 14.9 Å². The van der Waals surface area contributed by atoms with Gasteiger partial charge in [0.15, 0.2) is 11.5 Å². The highest BCUT2D eigenvalue weighted by Gasteiger charge is 2.37. The maximum absolute atomic E-state index is 12.5. The molecule has 0 spiro atoms. The zero-order valence-corrected chi connectivity index (χ0v) is 14.8. The van der Waals surface area contributed by atoms with Crippen LogP contribution in [0.25, 0.3) is 11.2 Å². The summed E-state index contributed by atoms with van der Waals surface area (Å²) < 4.78 is 1.56. The number of fused-ring (bicyclic) bond motifs is 5. The van der Waals surface area contributed by atoms with Crippen molar-refractivity contribution < 1.29 is 4.92 Å². The lowest BCUT2D eigenvalue weighted by atomic mass is 9.83. The number of hydrogen-bond acceptors (Lipinski definition) is 7. The van der Waals surface area contributed by atoms with Crippen molar-refractivity contribution in [1.82, 2.24) is 24.5 Å². The topological polar surface area (TPSA) is 123 Å². The number of hydrogen-bond donors (Lipinski definition) is 1. The van der Waals surface area contributed by atoms with Crippen LogP contribution in [0.3, 0.4) is 0 Å². The van der Waals surface area contributed by atoms with E-state index >= 15 is 0 Å². The highest BCUT2D eigenvalue weighted by Crippen LogP contribution is 2.38. The van der Waals surface area contributed by atoms with E-state index in [2.05, 4.69) is 24.8 Å². The standard InChI is InChI=1S/C16H14ClN7O3/c17-16-20-13-12(18-7-19-13)14(21-16)22-4-8-3-9(6-22)10-1-2-11(24(26)27)15(25)23(10)5-8/h1-2,7-9H,3-6H2,(H,18,19,20,21). The second-order valence-corrected chi connectivity index (χ2v) is 7.28. The summed E-state index contributed by atoms with van der Waals surface area (Å²) in [4.78, 5) is 40.8. The number of aromatic nitrogens is 5. The summed E-state index contributed by atoms with van der Waals surface area (Å²) in [5.74, 6) is 0.954. The first-order valence-electron chi connectivity index (χ1n) is 8.51. The van der Waals surface area contributed by atoms with Crippen LogP contribution in [0.1, 0.15) is 18.0 Å². The number of pyridine rings is 1. The molecule has 0 radical (unpaired) electrons. The zero-order chi connectivity index (χ0) is 18.7. The molecule has 1 N–H and O–H groups in total. The van der Waals surface area contributed by atoms with Crippen LogP contribution in [0.4, 0.5) is 11.5 Å². The number of nitrogens with one attached hydrogen (secondary N) is 1. The van der Waals surface area contributed by atoms with Crippen molar-refractivity contribution in [2.45, 2.75) is 18.9 Å². The van der Waals surface area contributed by atoms with Crippen LogP contribution in [0.2, 0.25) is 5.28 Å². The number of imidazole rings is 1. The SMILES string of the molecule is O=c1c([N+](=O)[O-])ccc2n1CC1CC2CN(c2nc(Cl)nc3nc[nH]c23)C1. The van der Waals surface area contributed by atoms with Crippen LogP contribution >= 0.6 is 11.6 Å². The quantitative estimate of drug-likeness (QED) is 0.403. The van der Waals surface area contributed by atoms with Crippen molar-refractivity contribution in [3.8, 4) is 0 Å². The van der Waals surface area contributed by atoms with E-state index in [-0.39, 0.29) is 22.8 Å². The molecule has 138 valence electrons. The Labute approximate surface area is 157 Å². The monoisotopic (exact) mass is 387 g/mol. The van der Waals surface area contributed by atoms with E-state index in [1.807, 2.05) is 0 Å². The number of nitro groups is 1. The summed E-state index contributed by atoms with van der Waals surface area (Å²) >= 11 is 6.06. The van der Waals surface area contributed by atoms with Gasteiger partial charge in [0, 0.05) is 37.3 Å². The van der Waals surface area contributed by atoms with Crippen LogP contribution in [-0.4, -0.2) is 42.5 Å². The number of rotatable bonds is 2. The van der Waals surface area contributed by atoms with Gasteiger partial charge in [-0.15, -0.1) is 0 Å². The molecule has 5 heterocycles. The number of halogens is 1. The number of anilines is 1. The molecule has 1 saturated heterocycles. The number of nitrogens with zero attached hydrogens (tertiary/aromatic N) is 6. The van der Waals surface area contributed by atoms with Crippen molar-refractivity contribution in [1.29, 1.82) is 0 Å². The van der Waals surface area contributed by atoms with Gasteiger partial charge in [-0.2, -0.15) is 9.97 Å². The molecule has 0 saturated carbocycles. The Morgan fingerprint density at radius 2 is 2.11 bits per heavy atom. The molecule has 27 heavy (non-hydrogen) atoms. The van der Waals surface area contributed by atoms with E-state index in [4.69, 9.17) is 11.6 Å². The molecule has 0 amide bonds. The predicted octanol–water partition coefficient (Wildman–Crippen LogP) is 1.70. The van der Waals surface area contributed by atoms with Gasteiger partial charge >= 0.3 is 11.2 Å². The van der Waals surface area contributed by atoms with Gasteiger partial charge in [-0.25, -0.2) is 4.98 Å².